The van der Waals surface area contributed by atoms with Crippen molar-refractivity contribution in [2.24, 2.45) is 5.92 Å². The summed E-state index contributed by atoms with van der Waals surface area (Å²) in [5, 5.41) is 5.08. The van der Waals surface area contributed by atoms with Gasteiger partial charge in [-0.1, -0.05) is 37.5 Å². The Balaban J connectivity index is 1.78. The lowest BCUT2D eigenvalue weighted by Gasteiger charge is -2.17. The molecular weight excluding hydrogens is 243 g/mol. The number of rotatable bonds is 3. The van der Waals surface area contributed by atoms with E-state index in [2.05, 4.69) is 10.6 Å². The summed E-state index contributed by atoms with van der Waals surface area (Å²) in [4.78, 5) is 11.6. The number of carbonyl (C=O) groups excluding carboxylic acids is 1. The van der Waals surface area contributed by atoms with Crippen molar-refractivity contribution < 1.29 is 9.18 Å². The smallest absolute Gasteiger partial charge is 0.315 e. The highest BCUT2D eigenvalue weighted by Gasteiger charge is 2.10. The Morgan fingerprint density at radius 2 is 1.95 bits per heavy atom. The number of urea groups is 1. The van der Waals surface area contributed by atoms with Crippen molar-refractivity contribution in [3.05, 3.63) is 42.4 Å². The van der Waals surface area contributed by atoms with Crippen molar-refractivity contribution in [2.45, 2.75) is 32.1 Å². The molecule has 1 aromatic rings. The summed E-state index contributed by atoms with van der Waals surface area (Å²) in [5.41, 5.74) is 0.186. The zero-order valence-electron chi connectivity index (χ0n) is 10.9. The van der Waals surface area contributed by atoms with Crippen LogP contribution in [0.25, 0.3) is 0 Å². The van der Waals surface area contributed by atoms with Gasteiger partial charge in [-0.3, -0.25) is 0 Å². The van der Waals surface area contributed by atoms with Crippen LogP contribution in [-0.4, -0.2) is 6.03 Å². The van der Waals surface area contributed by atoms with Crippen molar-refractivity contribution in [3.63, 3.8) is 0 Å². The molecule has 1 fully saturated rings. The number of carbonyl (C=O) groups is 1. The minimum atomic E-state index is -0.436. The zero-order chi connectivity index (χ0) is 13.5. The third-order valence-corrected chi connectivity index (χ3v) is 3.35. The molecule has 0 saturated heterocycles. The van der Waals surface area contributed by atoms with Crippen LogP contribution >= 0.6 is 0 Å². The topological polar surface area (TPSA) is 41.1 Å². The quantitative estimate of drug-likeness (QED) is 0.848. The number of amides is 2. The van der Waals surface area contributed by atoms with Crippen LogP contribution in [0.15, 0.2) is 36.5 Å². The molecule has 2 amide bonds. The third kappa shape index (κ3) is 4.39. The standard InChI is InChI=1S/C15H19FN2O/c16-13-8-4-5-9-14(13)18-15(19)17-11-10-12-6-2-1-3-7-12/h4-5,8-12H,1-3,6-7H2,(H2,17,18,19)/b11-10+. The fourth-order valence-electron chi connectivity index (χ4n) is 2.31. The molecule has 4 heteroatoms. The Labute approximate surface area is 112 Å². The van der Waals surface area contributed by atoms with Crippen molar-refractivity contribution in [2.75, 3.05) is 5.32 Å². The summed E-state index contributed by atoms with van der Waals surface area (Å²) in [6.45, 7) is 0. The average Bonchev–Trinajstić information content (AvgIpc) is 2.43. The highest BCUT2D eigenvalue weighted by atomic mass is 19.1. The Morgan fingerprint density at radius 1 is 1.21 bits per heavy atom. The van der Waals surface area contributed by atoms with Crippen molar-refractivity contribution in [1.29, 1.82) is 0 Å². The van der Waals surface area contributed by atoms with Gasteiger partial charge in [0.15, 0.2) is 0 Å². The molecule has 0 aliphatic heterocycles. The van der Waals surface area contributed by atoms with Crippen LogP contribution in [-0.2, 0) is 0 Å². The van der Waals surface area contributed by atoms with Crippen LogP contribution in [0.3, 0.4) is 0 Å². The van der Waals surface area contributed by atoms with Crippen LogP contribution in [0.5, 0.6) is 0 Å². The highest BCUT2D eigenvalue weighted by Crippen LogP contribution is 2.24. The summed E-state index contributed by atoms with van der Waals surface area (Å²) in [6, 6.07) is 5.68. The number of nitrogens with one attached hydrogen (secondary N) is 2. The first kappa shape index (κ1) is 13.6. The first-order valence-corrected chi connectivity index (χ1v) is 6.74. The SMILES string of the molecule is O=C(N/C=C/C1CCCCC1)Nc1ccccc1F. The molecule has 2 N–H and O–H groups in total. The van der Waals surface area contributed by atoms with Crippen LogP contribution < -0.4 is 10.6 Å². The van der Waals surface area contributed by atoms with Crippen molar-refractivity contribution in [1.82, 2.24) is 5.32 Å². The fraction of sp³-hybridized carbons (Fsp3) is 0.400. The van der Waals surface area contributed by atoms with Crippen LogP contribution in [0.2, 0.25) is 0 Å². The average molecular weight is 262 g/mol. The molecule has 2 rings (SSSR count). The maximum atomic E-state index is 13.3. The number of anilines is 1. The van der Waals surface area contributed by atoms with Gasteiger partial charge in [-0.25, -0.2) is 9.18 Å². The number of benzene rings is 1. The maximum absolute atomic E-state index is 13.3. The van der Waals surface area contributed by atoms with Gasteiger partial charge in [-0.15, -0.1) is 0 Å². The van der Waals surface area contributed by atoms with E-state index in [-0.39, 0.29) is 5.69 Å². The van der Waals surface area contributed by atoms with E-state index in [4.69, 9.17) is 0 Å². The predicted octanol–water partition coefficient (Wildman–Crippen LogP) is 4.04. The first-order valence-electron chi connectivity index (χ1n) is 6.74. The lowest BCUT2D eigenvalue weighted by molar-refractivity contribution is 0.255. The Kier molecular flexibility index (Phi) is 4.95. The Hall–Kier alpha value is -1.84. The molecule has 1 saturated carbocycles. The summed E-state index contributed by atoms with van der Waals surface area (Å²) in [6.07, 6.45) is 9.89. The molecule has 1 aliphatic rings. The number of halogens is 1. The molecule has 19 heavy (non-hydrogen) atoms. The molecule has 102 valence electrons. The van der Waals surface area contributed by atoms with Gasteiger partial charge in [0.25, 0.3) is 0 Å². The van der Waals surface area contributed by atoms with Gasteiger partial charge in [-0.2, -0.15) is 0 Å². The van der Waals surface area contributed by atoms with Crippen LogP contribution in [0.4, 0.5) is 14.9 Å². The van der Waals surface area contributed by atoms with E-state index in [9.17, 15) is 9.18 Å². The molecular formula is C15H19FN2O. The van der Waals surface area contributed by atoms with E-state index >= 15 is 0 Å². The van der Waals surface area contributed by atoms with E-state index in [0.717, 1.165) is 0 Å². The van der Waals surface area contributed by atoms with Crippen LogP contribution in [0.1, 0.15) is 32.1 Å². The largest absolute Gasteiger partial charge is 0.323 e. The Bertz CT molecular complexity index is 453. The number of hydrogen-bond donors (Lipinski definition) is 2. The van der Waals surface area contributed by atoms with Crippen LogP contribution in [0, 0.1) is 11.7 Å². The molecule has 0 heterocycles. The molecule has 0 bridgehead atoms. The summed E-state index contributed by atoms with van der Waals surface area (Å²) in [5.74, 6) is 0.122. The van der Waals surface area contributed by atoms with Crippen molar-refractivity contribution in [3.8, 4) is 0 Å². The van der Waals surface area contributed by atoms with E-state index < -0.39 is 11.8 Å². The fourth-order valence-corrected chi connectivity index (χ4v) is 2.31. The zero-order valence-corrected chi connectivity index (χ0v) is 10.9. The lowest BCUT2D eigenvalue weighted by atomic mass is 9.89. The van der Waals surface area contributed by atoms with Gasteiger partial charge >= 0.3 is 6.03 Å². The summed E-state index contributed by atoms with van der Waals surface area (Å²) < 4.78 is 13.3. The van der Waals surface area contributed by atoms with Crippen molar-refractivity contribution >= 4 is 11.7 Å². The molecule has 0 aromatic heterocycles. The lowest BCUT2D eigenvalue weighted by Crippen LogP contribution is -2.24. The van der Waals surface area contributed by atoms with Gasteiger partial charge in [0, 0.05) is 6.20 Å². The number of allylic oxidation sites excluding steroid dienone is 1. The molecule has 1 aromatic carbocycles. The second-order valence-electron chi connectivity index (χ2n) is 4.84. The first-order chi connectivity index (χ1) is 9.25. The van der Waals surface area contributed by atoms with Gasteiger partial charge < -0.3 is 10.6 Å². The molecule has 1 aliphatic carbocycles. The minimum Gasteiger partial charge on any atom is -0.315 e. The molecule has 0 unspecified atom stereocenters. The monoisotopic (exact) mass is 262 g/mol. The van der Waals surface area contributed by atoms with E-state index in [0.29, 0.717) is 5.92 Å². The second-order valence-corrected chi connectivity index (χ2v) is 4.84. The summed E-state index contributed by atoms with van der Waals surface area (Å²) >= 11 is 0. The highest BCUT2D eigenvalue weighted by molar-refractivity contribution is 5.89. The molecule has 0 atom stereocenters. The van der Waals surface area contributed by atoms with E-state index in [1.807, 2.05) is 6.08 Å². The van der Waals surface area contributed by atoms with E-state index in [1.54, 1.807) is 18.3 Å². The Morgan fingerprint density at radius 3 is 2.68 bits per heavy atom. The van der Waals surface area contributed by atoms with Gasteiger partial charge in [0.1, 0.15) is 5.82 Å². The number of para-hydroxylation sites is 1. The van der Waals surface area contributed by atoms with Gasteiger partial charge in [0.05, 0.1) is 5.69 Å². The molecule has 0 radical (unpaired) electrons. The predicted molar refractivity (Wildman–Crippen MR) is 74.3 cm³/mol. The van der Waals surface area contributed by atoms with Gasteiger partial charge in [-0.05, 0) is 30.9 Å². The number of hydrogen-bond acceptors (Lipinski definition) is 1. The minimum absolute atomic E-state index is 0.186. The normalized spacial score (nSPS) is 16.5. The summed E-state index contributed by atoms with van der Waals surface area (Å²) in [7, 11) is 0. The maximum Gasteiger partial charge on any atom is 0.323 e. The molecule has 3 nitrogen and oxygen atoms in total. The molecule has 0 spiro atoms. The second kappa shape index (κ2) is 6.92. The third-order valence-electron chi connectivity index (χ3n) is 3.35. The van der Waals surface area contributed by atoms with E-state index in [1.165, 1.54) is 44.2 Å². The van der Waals surface area contributed by atoms with Gasteiger partial charge in [0.2, 0.25) is 0 Å².